The molecule has 0 radical (unpaired) electrons. The zero-order chi connectivity index (χ0) is 12.3. The molecule has 0 bridgehead atoms. The summed E-state index contributed by atoms with van der Waals surface area (Å²) >= 11 is 0. The molecule has 2 heterocycles. The number of carbonyl (C=O) groups excluding carboxylic acids is 1. The van der Waals surface area contributed by atoms with Gasteiger partial charge in [-0.3, -0.25) is 9.48 Å². The van der Waals surface area contributed by atoms with E-state index in [1.54, 1.807) is 10.9 Å². The van der Waals surface area contributed by atoms with E-state index in [0.717, 1.165) is 5.69 Å². The Labute approximate surface area is 100 Å². The molecule has 5 nitrogen and oxygen atoms in total. The highest BCUT2D eigenvalue weighted by molar-refractivity contribution is 5.75. The minimum Gasteiger partial charge on any atom is -0.352 e. The Kier molecular flexibility index (Phi) is 3.27. The average Bonchev–Trinajstić information content (AvgIpc) is 2.84. The maximum Gasteiger partial charge on any atom is 0.241 e. The number of aromatic nitrogens is 3. The zero-order valence-electron chi connectivity index (χ0n) is 10.00. The van der Waals surface area contributed by atoms with Gasteiger partial charge in [0, 0.05) is 24.6 Å². The summed E-state index contributed by atoms with van der Waals surface area (Å²) in [5.74, 6) is -0.0258. The van der Waals surface area contributed by atoms with Crippen molar-refractivity contribution >= 4 is 5.91 Å². The fourth-order valence-electron chi connectivity index (χ4n) is 1.59. The molecule has 0 saturated carbocycles. The second-order valence-electron chi connectivity index (χ2n) is 4.21. The van der Waals surface area contributed by atoms with Crippen molar-refractivity contribution in [3.63, 3.8) is 0 Å². The van der Waals surface area contributed by atoms with E-state index in [0.29, 0.717) is 0 Å². The first kappa shape index (κ1) is 11.4. The Bertz CT molecular complexity index is 484. The van der Waals surface area contributed by atoms with E-state index < -0.39 is 0 Å². The third kappa shape index (κ3) is 2.96. The van der Waals surface area contributed by atoms with Crippen LogP contribution in [0.2, 0.25) is 0 Å². The van der Waals surface area contributed by atoms with E-state index in [2.05, 4.69) is 10.4 Å². The molecule has 0 aliphatic rings. The molecule has 1 N–H and O–H groups in total. The van der Waals surface area contributed by atoms with E-state index >= 15 is 0 Å². The number of hydrogen-bond acceptors (Lipinski definition) is 2. The molecule has 2 aromatic rings. The first-order valence-electron chi connectivity index (χ1n) is 5.60. The van der Waals surface area contributed by atoms with E-state index in [4.69, 9.17) is 0 Å². The SMILES string of the molecule is CC(C)NC(=O)Cn1cc(-n2cccc2)cn1. The van der Waals surface area contributed by atoms with Crippen molar-refractivity contribution < 1.29 is 4.79 Å². The number of carbonyl (C=O) groups is 1. The van der Waals surface area contributed by atoms with Gasteiger partial charge in [0.1, 0.15) is 6.54 Å². The van der Waals surface area contributed by atoms with Crippen LogP contribution in [-0.2, 0) is 11.3 Å². The van der Waals surface area contributed by atoms with Crippen LogP contribution in [0.15, 0.2) is 36.9 Å². The van der Waals surface area contributed by atoms with Crippen molar-refractivity contribution in [3.05, 3.63) is 36.9 Å². The standard InChI is InChI=1S/C12H16N4O/c1-10(2)14-12(17)9-16-8-11(7-13-16)15-5-3-4-6-15/h3-8,10H,9H2,1-2H3,(H,14,17). The first-order chi connectivity index (χ1) is 8.15. The molecule has 0 aliphatic heterocycles. The molecule has 5 heteroatoms. The summed E-state index contributed by atoms with van der Waals surface area (Å²) in [5.41, 5.74) is 0.951. The van der Waals surface area contributed by atoms with Gasteiger partial charge in [0.15, 0.2) is 0 Å². The monoisotopic (exact) mass is 232 g/mol. The first-order valence-corrected chi connectivity index (χ1v) is 5.60. The van der Waals surface area contributed by atoms with Gasteiger partial charge >= 0.3 is 0 Å². The molecule has 0 unspecified atom stereocenters. The third-order valence-electron chi connectivity index (χ3n) is 2.28. The lowest BCUT2D eigenvalue weighted by atomic mass is 10.4. The number of hydrogen-bond donors (Lipinski definition) is 1. The van der Waals surface area contributed by atoms with Crippen LogP contribution in [0.5, 0.6) is 0 Å². The van der Waals surface area contributed by atoms with E-state index in [9.17, 15) is 4.79 Å². The Morgan fingerprint density at radius 3 is 2.76 bits per heavy atom. The number of amides is 1. The largest absolute Gasteiger partial charge is 0.352 e. The van der Waals surface area contributed by atoms with Crippen LogP contribution in [0.3, 0.4) is 0 Å². The van der Waals surface area contributed by atoms with Crippen LogP contribution in [0, 0.1) is 0 Å². The number of nitrogens with one attached hydrogen (secondary N) is 1. The van der Waals surface area contributed by atoms with Crippen molar-refractivity contribution in [3.8, 4) is 5.69 Å². The summed E-state index contributed by atoms with van der Waals surface area (Å²) in [7, 11) is 0. The van der Waals surface area contributed by atoms with Crippen molar-refractivity contribution in [1.82, 2.24) is 19.7 Å². The van der Waals surface area contributed by atoms with E-state index in [1.807, 2.05) is 49.1 Å². The smallest absolute Gasteiger partial charge is 0.241 e. The number of nitrogens with zero attached hydrogens (tertiary/aromatic N) is 3. The van der Waals surface area contributed by atoms with Gasteiger partial charge in [0.2, 0.25) is 5.91 Å². The molecule has 0 aromatic carbocycles. The van der Waals surface area contributed by atoms with Crippen molar-refractivity contribution in [2.24, 2.45) is 0 Å². The average molecular weight is 232 g/mol. The van der Waals surface area contributed by atoms with Crippen LogP contribution < -0.4 is 5.32 Å². The molecule has 17 heavy (non-hydrogen) atoms. The fraction of sp³-hybridized carbons (Fsp3) is 0.333. The van der Waals surface area contributed by atoms with Crippen LogP contribution >= 0.6 is 0 Å². The highest BCUT2D eigenvalue weighted by Gasteiger charge is 2.06. The summed E-state index contributed by atoms with van der Waals surface area (Å²) in [4.78, 5) is 11.5. The maximum atomic E-state index is 11.5. The van der Waals surface area contributed by atoms with Gasteiger partial charge < -0.3 is 9.88 Å². The highest BCUT2D eigenvalue weighted by Crippen LogP contribution is 2.05. The molecule has 2 rings (SSSR count). The molecule has 0 aliphatic carbocycles. The molecular weight excluding hydrogens is 216 g/mol. The Balaban J connectivity index is 2.02. The van der Waals surface area contributed by atoms with Gasteiger partial charge in [-0.1, -0.05) is 0 Å². The third-order valence-corrected chi connectivity index (χ3v) is 2.28. The molecule has 90 valence electrons. The summed E-state index contributed by atoms with van der Waals surface area (Å²) in [6.07, 6.45) is 7.47. The summed E-state index contributed by atoms with van der Waals surface area (Å²) in [6.45, 7) is 4.12. The van der Waals surface area contributed by atoms with Crippen LogP contribution in [0.25, 0.3) is 5.69 Å². The topological polar surface area (TPSA) is 51.9 Å². The summed E-state index contributed by atoms with van der Waals surface area (Å²) in [6, 6.07) is 4.05. The Morgan fingerprint density at radius 2 is 2.12 bits per heavy atom. The molecule has 0 spiro atoms. The van der Waals surface area contributed by atoms with Crippen molar-refractivity contribution in [1.29, 1.82) is 0 Å². The lowest BCUT2D eigenvalue weighted by Gasteiger charge is -2.07. The highest BCUT2D eigenvalue weighted by atomic mass is 16.2. The van der Waals surface area contributed by atoms with Crippen molar-refractivity contribution in [2.75, 3.05) is 0 Å². The molecule has 0 saturated heterocycles. The summed E-state index contributed by atoms with van der Waals surface area (Å²) < 4.78 is 3.58. The normalized spacial score (nSPS) is 10.8. The van der Waals surface area contributed by atoms with Crippen LogP contribution in [-0.4, -0.2) is 26.3 Å². The maximum absolute atomic E-state index is 11.5. The molecule has 1 amide bonds. The second-order valence-corrected chi connectivity index (χ2v) is 4.21. The van der Waals surface area contributed by atoms with Gasteiger partial charge in [-0.25, -0.2) is 0 Å². The van der Waals surface area contributed by atoms with Gasteiger partial charge in [-0.2, -0.15) is 5.10 Å². The second kappa shape index (κ2) is 4.86. The zero-order valence-corrected chi connectivity index (χ0v) is 10.00. The molecule has 0 atom stereocenters. The van der Waals surface area contributed by atoms with Crippen molar-refractivity contribution in [2.45, 2.75) is 26.4 Å². The fourth-order valence-corrected chi connectivity index (χ4v) is 1.59. The van der Waals surface area contributed by atoms with Gasteiger partial charge in [-0.05, 0) is 26.0 Å². The molecule has 2 aromatic heterocycles. The van der Waals surface area contributed by atoms with Gasteiger partial charge in [-0.15, -0.1) is 0 Å². The molecule has 0 fully saturated rings. The van der Waals surface area contributed by atoms with Gasteiger partial charge in [0.25, 0.3) is 0 Å². The minimum absolute atomic E-state index is 0.0258. The minimum atomic E-state index is -0.0258. The lowest BCUT2D eigenvalue weighted by Crippen LogP contribution is -2.33. The number of rotatable bonds is 4. The lowest BCUT2D eigenvalue weighted by molar-refractivity contribution is -0.122. The van der Waals surface area contributed by atoms with E-state index in [-0.39, 0.29) is 18.5 Å². The van der Waals surface area contributed by atoms with E-state index in [1.165, 1.54) is 0 Å². The predicted octanol–water partition coefficient (Wildman–Crippen LogP) is 1.20. The molecular formula is C12H16N4O. The van der Waals surface area contributed by atoms with Crippen LogP contribution in [0.1, 0.15) is 13.8 Å². The Morgan fingerprint density at radius 1 is 1.41 bits per heavy atom. The summed E-state index contributed by atoms with van der Waals surface area (Å²) in [5, 5.41) is 6.98. The Hall–Kier alpha value is -2.04. The quantitative estimate of drug-likeness (QED) is 0.861. The van der Waals surface area contributed by atoms with Crippen LogP contribution in [0.4, 0.5) is 0 Å². The predicted molar refractivity (Wildman–Crippen MR) is 64.8 cm³/mol. The van der Waals surface area contributed by atoms with Gasteiger partial charge in [0.05, 0.1) is 11.9 Å².